The van der Waals surface area contributed by atoms with Gasteiger partial charge in [-0.25, -0.2) is 0 Å². The van der Waals surface area contributed by atoms with Crippen LogP contribution in [0.2, 0.25) is 0 Å². The van der Waals surface area contributed by atoms with Gasteiger partial charge in [0.25, 0.3) is 0 Å². The number of nitrogens with one attached hydrogen (secondary N) is 3. The van der Waals surface area contributed by atoms with Gasteiger partial charge >= 0.3 is 0 Å². The third-order valence-corrected chi connectivity index (χ3v) is 4.63. The van der Waals surface area contributed by atoms with Gasteiger partial charge in [0.15, 0.2) is 5.96 Å². The van der Waals surface area contributed by atoms with E-state index in [9.17, 15) is 4.79 Å². The van der Waals surface area contributed by atoms with Gasteiger partial charge in [-0.3, -0.25) is 9.79 Å². The fourth-order valence-electron chi connectivity index (χ4n) is 3.11. The molecule has 6 heteroatoms. The van der Waals surface area contributed by atoms with Gasteiger partial charge in [-0.2, -0.15) is 0 Å². The van der Waals surface area contributed by atoms with Crippen LogP contribution in [0.3, 0.4) is 0 Å². The summed E-state index contributed by atoms with van der Waals surface area (Å²) in [4.78, 5) is 17.7. The van der Waals surface area contributed by atoms with Crippen LogP contribution in [-0.4, -0.2) is 45.1 Å². The number of aliphatic imine (C=N–C) groups is 1. The van der Waals surface area contributed by atoms with Crippen LogP contribution in [0.15, 0.2) is 53.5 Å². The number of carbonyl (C=O) groups excluding carboxylic acids is 1. The molecule has 0 radical (unpaired) electrons. The van der Waals surface area contributed by atoms with Crippen molar-refractivity contribution in [1.82, 2.24) is 10.6 Å². The summed E-state index contributed by atoms with van der Waals surface area (Å²) in [5.41, 5.74) is 4.55. The van der Waals surface area contributed by atoms with E-state index < -0.39 is 0 Å². The SMILES string of the molecule is CCN(CCNC(=NC)NCCc1ccc(NC(C)=O)cc1)c1cccc(C)c1. The molecule has 3 N–H and O–H groups in total. The summed E-state index contributed by atoms with van der Waals surface area (Å²) in [5, 5.41) is 9.52. The van der Waals surface area contributed by atoms with Crippen LogP contribution in [-0.2, 0) is 11.2 Å². The van der Waals surface area contributed by atoms with Crippen molar-refractivity contribution in [3.05, 3.63) is 59.7 Å². The second-order valence-corrected chi connectivity index (χ2v) is 6.97. The highest BCUT2D eigenvalue weighted by Crippen LogP contribution is 2.15. The number of hydrogen-bond donors (Lipinski definition) is 3. The number of guanidine groups is 1. The van der Waals surface area contributed by atoms with Crippen molar-refractivity contribution < 1.29 is 4.79 Å². The molecule has 2 aromatic carbocycles. The first-order valence-electron chi connectivity index (χ1n) is 10.1. The summed E-state index contributed by atoms with van der Waals surface area (Å²) >= 11 is 0. The molecule has 0 heterocycles. The lowest BCUT2D eigenvalue weighted by Gasteiger charge is -2.24. The molecule has 0 aromatic heterocycles. The number of amides is 1. The molecule has 0 bridgehead atoms. The Morgan fingerprint density at radius 3 is 2.41 bits per heavy atom. The molecule has 0 fully saturated rings. The Morgan fingerprint density at radius 2 is 1.79 bits per heavy atom. The molecule has 0 aliphatic rings. The van der Waals surface area contributed by atoms with E-state index in [0.29, 0.717) is 0 Å². The van der Waals surface area contributed by atoms with Gasteiger partial charge in [0.1, 0.15) is 0 Å². The monoisotopic (exact) mass is 395 g/mol. The Kier molecular flexibility index (Phi) is 9.02. The van der Waals surface area contributed by atoms with Crippen molar-refractivity contribution in [2.75, 3.05) is 43.4 Å². The minimum Gasteiger partial charge on any atom is -0.370 e. The van der Waals surface area contributed by atoms with E-state index in [1.165, 1.54) is 23.7 Å². The van der Waals surface area contributed by atoms with Gasteiger partial charge in [-0.15, -0.1) is 0 Å². The van der Waals surface area contributed by atoms with E-state index in [4.69, 9.17) is 0 Å². The molecule has 0 spiro atoms. The summed E-state index contributed by atoms with van der Waals surface area (Å²) in [7, 11) is 1.79. The minimum atomic E-state index is -0.0571. The third kappa shape index (κ3) is 7.86. The number of nitrogens with zero attached hydrogens (tertiary/aromatic N) is 2. The normalized spacial score (nSPS) is 11.1. The molecular formula is C23H33N5O. The highest BCUT2D eigenvalue weighted by Gasteiger charge is 2.05. The number of carbonyl (C=O) groups is 1. The standard InChI is InChI=1S/C23H33N5O/c1-5-28(22-8-6-7-18(2)17-22)16-15-26-23(24-4)25-14-13-20-9-11-21(12-10-20)27-19(3)29/h6-12,17H,5,13-16H2,1-4H3,(H,27,29)(H2,24,25,26). The summed E-state index contributed by atoms with van der Waals surface area (Å²) in [6, 6.07) is 16.5. The summed E-state index contributed by atoms with van der Waals surface area (Å²) in [6.45, 7) is 9.27. The van der Waals surface area contributed by atoms with Crippen LogP contribution >= 0.6 is 0 Å². The Morgan fingerprint density at radius 1 is 1.07 bits per heavy atom. The number of anilines is 2. The average Bonchev–Trinajstić information content (AvgIpc) is 2.70. The molecule has 156 valence electrons. The smallest absolute Gasteiger partial charge is 0.221 e. The number of aryl methyl sites for hydroxylation is 1. The second-order valence-electron chi connectivity index (χ2n) is 6.97. The summed E-state index contributed by atoms with van der Waals surface area (Å²) in [5.74, 6) is 0.749. The molecule has 0 unspecified atom stereocenters. The maximum absolute atomic E-state index is 11.1. The van der Waals surface area contributed by atoms with Crippen LogP contribution in [0.5, 0.6) is 0 Å². The molecule has 0 aliphatic carbocycles. The van der Waals surface area contributed by atoms with Crippen LogP contribution < -0.4 is 20.9 Å². The first-order chi connectivity index (χ1) is 14.0. The molecule has 2 aromatic rings. The molecule has 0 aliphatic heterocycles. The van der Waals surface area contributed by atoms with Crippen molar-refractivity contribution in [2.45, 2.75) is 27.2 Å². The number of hydrogen-bond acceptors (Lipinski definition) is 3. The van der Waals surface area contributed by atoms with Crippen molar-refractivity contribution in [2.24, 2.45) is 4.99 Å². The lowest BCUT2D eigenvalue weighted by atomic mass is 10.1. The molecule has 1 amide bonds. The van der Waals surface area contributed by atoms with E-state index in [0.717, 1.165) is 44.2 Å². The Bertz CT molecular complexity index is 801. The van der Waals surface area contributed by atoms with Crippen molar-refractivity contribution in [3.8, 4) is 0 Å². The van der Waals surface area contributed by atoms with Crippen molar-refractivity contribution in [3.63, 3.8) is 0 Å². The average molecular weight is 396 g/mol. The zero-order valence-electron chi connectivity index (χ0n) is 18.0. The van der Waals surface area contributed by atoms with Crippen molar-refractivity contribution in [1.29, 1.82) is 0 Å². The molecule has 2 rings (SSSR count). The summed E-state index contributed by atoms with van der Waals surface area (Å²) < 4.78 is 0. The van der Waals surface area contributed by atoms with E-state index in [1.54, 1.807) is 7.05 Å². The van der Waals surface area contributed by atoms with Crippen LogP contribution in [0.4, 0.5) is 11.4 Å². The summed E-state index contributed by atoms with van der Waals surface area (Å²) in [6.07, 6.45) is 0.880. The molecular weight excluding hydrogens is 362 g/mol. The van der Waals surface area contributed by atoms with Crippen molar-refractivity contribution >= 4 is 23.2 Å². The second kappa shape index (κ2) is 11.7. The van der Waals surface area contributed by atoms with Gasteiger partial charge in [-0.05, 0) is 55.7 Å². The van der Waals surface area contributed by atoms with Gasteiger partial charge in [-0.1, -0.05) is 24.3 Å². The van der Waals surface area contributed by atoms with E-state index in [1.807, 2.05) is 24.3 Å². The van der Waals surface area contributed by atoms with Gasteiger partial charge in [0, 0.05) is 51.5 Å². The highest BCUT2D eigenvalue weighted by molar-refractivity contribution is 5.88. The van der Waals surface area contributed by atoms with Crippen LogP contribution in [0, 0.1) is 6.92 Å². The predicted octanol–water partition coefficient (Wildman–Crippen LogP) is 3.19. The predicted molar refractivity (Wildman–Crippen MR) is 123 cm³/mol. The van der Waals surface area contributed by atoms with Gasteiger partial charge in [0.2, 0.25) is 5.91 Å². The largest absolute Gasteiger partial charge is 0.370 e. The minimum absolute atomic E-state index is 0.0571. The lowest BCUT2D eigenvalue weighted by Crippen LogP contribution is -2.42. The zero-order chi connectivity index (χ0) is 21.1. The number of benzene rings is 2. The number of rotatable bonds is 9. The molecule has 0 saturated heterocycles. The van der Waals surface area contributed by atoms with Gasteiger partial charge < -0.3 is 20.9 Å². The fourth-order valence-corrected chi connectivity index (χ4v) is 3.11. The Hall–Kier alpha value is -3.02. The molecule has 29 heavy (non-hydrogen) atoms. The van der Waals surface area contributed by atoms with Crippen LogP contribution in [0.1, 0.15) is 25.0 Å². The maximum Gasteiger partial charge on any atom is 0.221 e. The molecule has 0 atom stereocenters. The topological polar surface area (TPSA) is 68.8 Å². The Balaban J connectivity index is 1.74. The maximum atomic E-state index is 11.1. The fraction of sp³-hybridized carbons (Fsp3) is 0.391. The molecule has 0 saturated carbocycles. The third-order valence-electron chi connectivity index (χ3n) is 4.63. The molecule has 6 nitrogen and oxygen atoms in total. The number of likely N-dealkylation sites (N-methyl/N-ethyl adjacent to an activating group) is 1. The lowest BCUT2D eigenvalue weighted by molar-refractivity contribution is -0.114. The first-order valence-corrected chi connectivity index (χ1v) is 10.1. The first kappa shape index (κ1) is 22.3. The zero-order valence-corrected chi connectivity index (χ0v) is 18.0. The van der Waals surface area contributed by atoms with E-state index in [-0.39, 0.29) is 5.91 Å². The van der Waals surface area contributed by atoms with E-state index in [2.05, 4.69) is 64.0 Å². The Labute approximate surface area is 174 Å². The van der Waals surface area contributed by atoms with Crippen LogP contribution in [0.25, 0.3) is 0 Å². The van der Waals surface area contributed by atoms with E-state index >= 15 is 0 Å². The van der Waals surface area contributed by atoms with Gasteiger partial charge in [0.05, 0.1) is 0 Å². The quantitative estimate of drug-likeness (QED) is 0.451. The highest BCUT2D eigenvalue weighted by atomic mass is 16.1.